The second-order valence-electron chi connectivity index (χ2n) is 3.05. The predicted molar refractivity (Wildman–Crippen MR) is 64.6 cm³/mol. The van der Waals surface area contributed by atoms with Crippen LogP contribution in [-0.4, -0.2) is 12.4 Å². The van der Waals surface area contributed by atoms with Crippen LogP contribution in [0.4, 0.5) is 0 Å². The molecule has 0 saturated heterocycles. The van der Waals surface area contributed by atoms with Crippen molar-refractivity contribution in [1.29, 1.82) is 0 Å². The van der Waals surface area contributed by atoms with Gasteiger partial charge in [0.25, 0.3) is 0 Å². The summed E-state index contributed by atoms with van der Waals surface area (Å²) >= 11 is 3.39. The van der Waals surface area contributed by atoms with Crippen LogP contribution in [0, 0.1) is 0 Å². The third-order valence-corrected chi connectivity index (χ3v) is 2.33. The van der Waals surface area contributed by atoms with Gasteiger partial charge in [-0.3, -0.25) is 0 Å². The summed E-state index contributed by atoms with van der Waals surface area (Å²) in [6, 6.07) is 8.41. The molecule has 2 heteroatoms. The standard InChI is InChI=1S/C12H15BrO/c1-14-10-12-7-5-11(6-8-12)4-2-3-9-13/h2,4-8H,3,9-10H2,1H3. The molecule has 76 valence electrons. The second kappa shape index (κ2) is 6.80. The van der Waals surface area contributed by atoms with E-state index in [2.05, 4.69) is 52.3 Å². The predicted octanol–water partition coefficient (Wildman–Crippen LogP) is 3.63. The number of methoxy groups -OCH3 is 1. The number of alkyl halides is 1. The zero-order chi connectivity index (χ0) is 10.2. The summed E-state index contributed by atoms with van der Waals surface area (Å²) in [5.41, 5.74) is 2.45. The van der Waals surface area contributed by atoms with Crippen molar-refractivity contribution in [3.05, 3.63) is 41.5 Å². The van der Waals surface area contributed by atoms with E-state index in [-0.39, 0.29) is 0 Å². The van der Waals surface area contributed by atoms with Crippen molar-refractivity contribution in [3.8, 4) is 0 Å². The topological polar surface area (TPSA) is 9.23 Å². The van der Waals surface area contributed by atoms with Crippen LogP contribution in [0.15, 0.2) is 30.3 Å². The highest BCUT2D eigenvalue weighted by atomic mass is 79.9. The molecule has 0 heterocycles. The van der Waals surface area contributed by atoms with Crippen molar-refractivity contribution in [2.45, 2.75) is 13.0 Å². The van der Waals surface area contributed by atoms with Gasteiger partial charge in [0, 0.05) is 12.4 Å². The van der Waals surface area contributed by atoms with Gasteiger partial charge in [0.05, 0.1) is 6.61 Å². The monoisotopic (exact) mass is 254 g/mol. The highest BCUT2D eigenvalue weighted by Gasteiger charge is 1.90. The Morgan fingerprint density at radius 3 is 2.57 bits per heavy atom. The molecule has 1 nitrogen and oxygen atoms in total. The van der Waals surface area contributed by atoms with Crippen LogP contribution in [0.3, 0.4) is 0 Å². The molecule has 0 aliphatic heterocycles. The molecule has 0 fully saturated rings. The number of benzene rings is 1. The molecule has 1 aromatic carbocycles. The lowest BCUT2D eigenvalue weighted by atomic mass is 10.1. The average molecular weight is 255 g/mol. The molecule has 0 unspecified atom stereocenters. The summed E-state index contributed by atoms with van der Waals surface area (Å²) in [7, 11) is 1.71. The zero-order valence-corrected chi connectivity index (χ0v) is 9.96. The fourth-order valence-electron chi connectivity index (χ4n) is 1.17. The largest absolute Gasteiger partial charge is 0.380 e. The van der Waals surface area contributed by atoms with E-state index >= 15 is 0 Å². The molecule has 0 aliphatic carbocycles. The van der Waals surface area contributed by atoms with Gasteiger partial charge >= 0.3 is 0 Å². The van der Waals surface area contributed by atoms with Crippen molar-refractivity contribution in [3.63, 3.8) is 0 Å². The smallest absolute Gasteiger partial charge is 0.0713 e. The van der Waals surface area contributed by atoms with Crippen LogP contribution in [0.2, 0.25) is 0 Å². The summed E-state index contributed by atoms with van der Waals surface area (Å²) < 4.78 is 5.04. The number of hydrogen-bond acceptors (Lipinski definition) is 1. The molecule has 0 bridgehead atoms. The number of allylic oxidation sites excluding steroid dienone is 1. The van der Waals surface area contributed by atoms with Crippen LogP contribution < -0.4 is 0 Å². The minimum absolute atomic E-state index is 0.686. The van der Waals surface area contributed by atoms with E-state index in [0.717, 1.165) is 11.8 Å². The molecule has 0 spiro atoms. The number of ether oxygens (including phenoxy) is 1. The Bertz CT molecular complexity index is 277. The van der Waals surface area contributed by atoms with E-state index < -0.39 is 0 Å². The maximum Gasteiger partial charge on any atom is 0.0713 e. The van der Waals surface area contributed by atoms with Crippen LogP contribution in [0.1, 0.15) is 17.5 Å². The lowest BCUT2D eigenvalue weighted by Gasteiger charge is -1.99. The summed E-state index contributed by atoms with van der Waals surface area (Å²) in [4.78, 5) is 0. The van der Waals surface area contributed by atoms with E-state index in [9.17, 15) is 0 Å². The lowest BCUT2D eigenvalue weighted by Crippen LogP contribution is -1.86. The van der Waals surface area contributed by atoms with Gasteiger partial charge in [0.15, 0.2) is 0 Å². The summed E-state index contributed by atoms with van der Waals surface area (Å²) in [6.45, 7) is 0.686. The first-order valence-corrected chi connectivity index (χ1v) is 5.79. The van der Waals surface area contributed by atoms with E-state index in [4.69, 9.17) is 4.74 Å². The van der Waals surface area contributed by atoms with Crippen molar-refractivity contribution in [2.75, 3.05) is 12.4 Å². The Hall–Kier alpha value is -0.600. The zero-order valence-electron chi connectivity index (χ0n) is 8.37. The SMILES string of the molecule is COCc1ccc(C=CCCBr)cc1. The molecule has 0 aliphatic rings. The highest BCUT2D eigenvalue weighted by molar-refractivity contribution is 9.09. The van der Waals surface area contributed by atoms with Gasteiger partial charge in [0.2, 0.25) is 0 Å². The van der Waals surface area contributed by atoms with Gasteiger partial charge in [-0.2, -0.15) is 0 Å². The maximum absolute atomic E-state index is 5.04. The van der Waals surface area contributed by atoms with Crippen molar-refractivity contribution >= 4 is 22.0 Å². The summed E-state index contributed by atoms with van der Waals surface area (Å²) in [6.07, 6.45) is 5.37. The Balaban J connectivity index is 2.54. The molecular weight excluding hydrogens is 240 g/mol. The fraction of sp³-hybridized carbons (Fsp3) is 0.333. The van der Waals surface area contributed by atoms with Gasteiger partial charge in [-0.1, -0.05) is 52.3 Å². The molecule has 14 heavy (non-hydrogen) atoms. The normalized spacial score (nSPS) is 11.0. The molecule has 0 aromatic heterocycles. The molecule has 0 N–H and O–H groups in total. The van der Waals surface area contributed by atoms with Crippen LogP contribution in [0.25, 0.3) is 6.08 Å². The number of rotatable bonds is 5. The first-order valence-electron chi connectivity index (χ1n) is 4.67. The van der Waals surface area contributed by atoms with Gasteiger partial charge in [-0.25, -0.2) is 0 Å². The molecule has 1 aromatic rings. The third-order valence-electron chi connectivity index (χ3n) is 1.88. The summed E-state index contributed by atoms with van der Waals surface area (Å²) in [5, 5.41) is 1.02. The van der Waals surface area contributed by atoms with Crippen molar-refractivity contribution in [1.82, 2.24) is 0 Å². The number of halogens is 1. The number of hydrogen-bond donors (Lipinski definition) is 0. The molecule has 0 radical (unpaired) electrons. The second-order valence-corrected chi connectivity index (χ2v) is 3.85. The molecule has 1 rings (SSSR count). The van der Waals surface area contributed by atoms with Gasteiger partial charge < -0.3 is 4.74 Å². The van der Waals surface area contributed by atoms with Gasteiger partial charge in [0.1, 0.15) is 0 Å². The first-order chi connectivity index (χ1) is 6.86. The molecule has 0 amide bonds. The van der Waals surface area contributed by atoms with Gasteiger partial charge in [-0.05, 0) is 17.5 Å². The Morgan fingerprint density at radius 1 is 1.29 bits per heavy atom. The van der Waals surface area contributed by atoms with Crippen LogP contribution in [0.5, 0.6) is 0 Å². The van der Waals surface area contributed by atoms with Gasteiger partial charge in [-0.15, -0.1) is 0 Å². The Labute approximate surface area is 93.9 Å². The Kier molecular flexibility index (Phi) is 5.57. The van der Waals surface area contributed by atoms with Crippen LogP contribution >= 0.6 is 15.9 Å². The van der Waals surface area contributed by atoms with E-state index in [1.54, 1.807) is 7.11 Å². The fourth-order valence-corrected chi connectivity index (χ4v) is 1.44. The van der Waals surface area contributed by atoms with E-state index in [1.807, 2.05) is 0 Å². The quantitative estimate of drug-likeness (QED) is 0.730. The maximum atomic E-state index is 5.04. The minimum atomic E-state index is 0.686. The molecular formula is C12H15BrO. The van der Waals surface area contributed by atoms with Crippen LogP contribution in [-0.2, 0) is 11.3 Å². The summed E-state index contributed by atoms with van der Waals surface area (Å²) in [5.74, 6) is 0. The molecule has 0 saturated carbocycles. The minimum Gasteiger partial charge on any atom is -0.380 e. The van der Waals surface area contributed by atoms with E-state index in [1.165, 1.54) is 11.1 Å². The van der Waals surface area contributed by atoms with Crippen molar-refractivity contribution in [2.24, 2.45) is 0 Å². The first kappa shape index (κ1) is 11.5. The molecule has 0 atom stereocenters. The Morgan fingerprint density at radius 2 is 2.00 bits per heavy atom. The highest BCUT2D eigenvalue weighted by Crippen LogP contribution is 2.07. The van der Waals surface area contributed by atoms with Crippen molar-refractivity contribution < 1.29 is 4.74 Å². The van der Waals surface area contributed by atoms with E-state index in [0.29, 0.717) is 6.61 Å². The lowest BCUT2D eigenvalue weighted by molar-refractivity contribution is 0.185. The average Bonchev–Trinajstić information content (AvgIpc) is 2.21. The third kappa shape index (κ3) is 4.07.